The summed E-state index contributed by atoms with van der Waals surface area (Å²) in [5, 5.41) is 3.66. The first-order valence-corrected chi connectivity index (χ1v) is 16.5. The third-order valence-corrected chi connectivity index (χ3v) is 9.81. The number of methoxy groups -OCH3 is 1. The van der Waals surface area contributed by atoms with Crippen molar-refractivity contribution in [3.63, 3.8) is 0 Å². The maximum atomic E-state index is 11.3. The first kappa shape index (κ1) is 32.2. The maximum absolute atomic E-state index is 11.3. The van der Waals surface area contributed by atoms with Gasteiger partial charge in [-0.3, -0.25) is 0 Å². The highest BCUT2D eigenvalue weighted by Crippen LogP contribution is 2.41. The fourth-order valence-corrected chi connectivity index (χ4v) is 7.06. The number of hydrogen-bond donors (Lipinski definition) is 2. The van der Waals surface area contributed by atoms with Crippen LogP contribution in [0.5, 0.6) is 5.75 Å². The molecule has 2 N–H and O–H groups in total. The number of piperidine rings is 1. The third kappa shape index (κ3) is 8.49. The normalized spacial score (nSPS) is 17.8. The number of esters is 1. The van der Waals surface area contributed by atoms with E-state index in [1.807, 2.05) is 36.7 Å². The zero-order valence-electron chi connectivity index (χ0n) is 26.8. The molecule has 0 saturated carbocycles. The number of nitrogens with zero attached hydrogens (tertiary/aromatic N) is 5. The molecule has 10 nitrogen and oxygen atoms in total. The first-order valence-electron chi connectivity index (χ1n) is 16.5. The SMILES string of the molecule is CCC(CC)N1CCC2(CCN(CCCn3ccnc3CC(NCc3ccc(OCC(=O)OC)cc3)c3ncc[nH]3)C2)CC1. The van der Waals surface area contributed by atoms with E-state index in [1.54, 1.807) is 6.20 Å². The van der Waals surface area contributed by atoms with E-state index in [4.69, 9.17) is 9.72 Å². The Balaban J connectivity index is 1.09. The van der Waals surface area contributed by atoms with Crippen LogP contribution in [0.15, 0.2) is 49.1 Å². The summed E-state index contributed by atoms with van der Waals surface area (Å²) in [6.07, 6.45) is 16.2. The van der Waals surface area contributed by atoms with Crippen molar-refractivity contribution in [1.29, 1.82) is 0 Å². The van der Waals surface area contributed by atoms with Crippen molar-refractivity contribution in [1.82, 2.24) is 34.6 Å². The fourth-order valence-electron chi connectivity index (χ4n) is 7.06. The summed E-state index contributed by atoms with van der Waals surface area (Å²) in [7, 11) is 1.35. The average Bonchev–Trinajstić information content (AvgIpc) is 3.83. The lowest BCUT2D eigenvalue weighted by atomic mass is 9.77. The van der Waals surface area contributed by atoms with E-state index >= 15 is 0 Å². The van der Waals surface area contributed by atoms with Crippen molar-refractivity contribution in [3.8, 4) is 5.75 Å². The molecular formula is C34H51N7O3. The predicted molar refractivity (Wildman–Crippen MR) is 171 cm³/mol. The van der Waals surface area contributed by atoms with Crippen LogP contribution in [-0.4, -0.2) is 87.8 Å². The quantitative estimate of drug-likeness (QED) is 0.229. The molecule has 0 bridgehead atoms. The lowest BCUT2D eigenvalue weighted by Gasteiger charge is -2.42. The topological polar surface area (TPSA) is 101 Å². The average molecular weight is 606 g/mol. The van der Waals surface area contributed by atoms with Crippen molar-refractivity contribution in [3.05, 3.63) is 66.3 Å². The molecular weight excluding hydrogens is 554 g/mol. The molecule has 1 atom stereocenters. The Kier molecular flexibility index (Phi) is 11.5. The predicted octanol–water partition coefficient (Wildman–Crippen LogP) is 4.60. The fraction of sp³-hybridized carbons (Fsp3) is 0.618. The van der Waals surface area contributed by atoms with Gasteiger partial charge in [-0.15, -0.1) is 0 Å². The number of imidazole rings is 2. The van der Waals surface area contributed by atoms with Crippen LogP contribution >= 0.6 is 0 Å². The number of aromatic amines is 1. The zero-order valence-corrected chi connectivity index (χ0v) is 26.8. The van der Waals surface area contributed by atoms with Gasteiger partial charge in [0.05, 0.1) is 13.2 Å². The van der Waals surface area contributed by atoms with Crippen LogP contribution in [-0.2, 0) is 29.0 Å². The van der Waals surface area contributed by atoms with Gasteiger partial charge in [0.2, 0.25) is 0 Å². The molecule has 10 heteroatoms. The highest BCUT2D eigenvalue weighted by Gasteiger charge is 2.40. The second-order valence-corrected chi connectivity index (χ2v) is 12.5. The van der Waals surface area contributed by atoms with Gasteiger partial charge in [0, 0.05) is 56.9 Å². The van der Waals surface area contributed by atoms with Gasteiger partial charge < -0.3 is 34.1 Å². The number of likely N-dealkylation sites (tertiary alicyclic amines) is 2. The van der Waals surface area contributed by atoms with E-state index in [-0.39, 0.29) is 12.6 Å². The molecule has 3 aromatic rings. The smallest absolute Gasteiger partial charge is 0.343 e. The number of benzene rings is 1. The van der Waals surface area contributed by atoms with E-state index in [0.29, 0.717) is 17.7 Å². The Labute approximate surface area is 262 Å². The van der Waals surface area contributed by atoms with Gasteiger partial charge in [-0.05, 0) is 87.8 Å². The molecule has 2 aliphatic heterocycles. The molecule has 2 saturated heterocycles. The molecule has 2 aromatic heterocycles. The van der Waals surface area contributed by atoms with Gasteiger partial charge in [-0.2, -0.15) is 0 Å². The number of aryl methyl sites for hydroxylation is 1. The number of rotatable bonds is 16. The van der Waals surface area contributed by atoms with Gasteiger partial charge in [0.15, 0.2) is 6.61 Å². The molecule has 2 aliphatic rings. The van der Waals surface area contributed by atoms with Crippen molar-refractivity contribution in [2.45, 2.75) is 84.0 Å². The van der Waals surface area contributed by atoms with Crippen LogP contribution in [0.25, 0.3) is 0 Å². The molecule has 5 rings (SSSR count). The standard InChI is InChI=1S/C34H51N7O3/c1-4-28(5-2)40-20-12-34(13-21-40)11-19-39(26-34)17-6-18-41-22-16-35-31(41)23-30(33-36-14-15-37-33)38-24-27-7-9-29(10-8-27)44-25-32(42)43-3/h7-10,14-16,22,28,30,38H,4-6,11-13,17-21,23-26H2,1-3H3,(H,36,37). The molecule has 1 unspecified atom stereocenters. The molecule has 0 aliphatic carbocycles. The summed E-state index contributed by atoms with van der Waals surface area (Å²) < 4.78 is 12.4. The molecule has 2 fully saturated rings. The van der Waals surface area contributed by atoms with Gasteiger partial charge in [0.1, 0.15) is 17.4 Å². The third-order valence-electron chi connectivity index (χ3n) is 9.81. The first-order chi connectivity index (χ1) is 21.5. The number of carbonyl (C=O) groups is 1. The van der Waals surface area contributed by atoms with Crippen LogP contribution in [0.2, 0.25) is 0 Å². The van der Waals surface area contributed by atoms with E-state index < -0.39 is 5.97 Å². The van der Waals surface area contributed by atoms with Crippen LogP contribution in [0.3, 0.4) is 0 Å². The number of ether oxygens (including phenoxy) is 2. The van der Waals surface area contributed by atoms with E-state index in [0.717, 1.165) is 49.2 Å². The van der Waals surface area contributed by atoms with Crippen molar-refractivity contribution >= 4 is 5.97 Å². The van der Waals surface area contributed by atoms with E-state index in [2.05, 4.69) is 54.4 Å². The summed E-state index contributed by atoms with van der Waals surface area (Å²) >= 11 is 0. The summed E-state index contributed by atoms with van der Waals surface area (Å²) in [5.74, 6) is 2.20. The number of H-pyrrole nitrogens is 1. The van der Waals surface area contributed by atoms with Gasteiger partial charge in [-0.1, -0.05) is 26.0 Å². The lowest BCUT2D eigenvalue weighted by Crippen LogP contribution is -2.45. The molecule has 0 amide bonds. The van der Waals surface area contributed by atoms with Crippen LogP contribution in [0.4, 0.5) is 0 Å². The number of nitrogens with one attached hydrogen (secondary N) is 2. The van der Waals surface area contributed by atoms with E-state index in [9.17, 15) is 4.79 Å². The van der Waals surface area contributed by atoms with Crippen LogP contribution in [0, 0.1) is 5.41 Å². The van der Waals surface area contributed by atoms with Gasteiger partial charge >= 0.3 is 5.97 Å². The number of carbonyl (C=O) groups excluding carboxylic acids is 1. The summed E-state index contributed by atoms with van der Waals surface area (Å²) in [6, 6.07) is 8.49. The Morgan fingerprint density at radius 1 is 1.05 bits per heavy atom. The Hall–Kier alpha value is -3.21. The minimum absolute atomic E-state index is 0.00859. The van der Waals surface area contributed by atoms with Crippen molar-refractivity contribution in [2.24, 2.45) is 5.41 Å². The number of aromatic nitrogens is 4. The molecule has 1 aromatic carbocycles. The second-order valence-electron chi connectivity index (χ2n) is 12.5. The number of hydrogen-bond acceptors (Lipinski definition) is 8. The monoisotopic (exact) mass is 605 g/mol. The van der Waals surface area contributed by atoms with Crippen LogP contribution in [0.1, 0.15) is 75.6 Å². The largest absolute Gasteiger partial charge is 0.482 e. The van der Waals surface area contributed by atoms with Gasteiger partial charge in [0.25, 0.3) is 0 Å². The Morgan fingerprint density at radius 2 is 1.82 bits per heavy atom. The second kappa shape index (κ2) is 15.7. The summed E-state index contributed by atoms with van der Waals surface area (Å²) in [4.78, 5) is 29.4. The zero-order chi connectivity index (χ0) is 30.8. The molecule has 240 valence electrons. The lowest BCUT2D eigenvalue weighted by molar-refractivity contribution is -0.142. The van der Waals surface area contributed by atoms with Crippen molar-refractivity contribution in [2.75, 3.05) is 46.4 Å². The minimum atomic E-state index is -0.400. The molecule has 0 radical (unpaired) electrons. The maximum Gasteiger partial charge on any atom is 0.343 e. The highest BCUT2D eigenvalue weighted by atomic mass is 16.6. The summed E-state index contributed by atoms with van der Waals surface area (Å²) in [6.45, 7) is 12.4. The van der Waals surface area contributed by atoms with Crippen molar-refractivity contribution < 1.29 is 14.3 Å². The van der Waals surface area contributed by atoms with Gasteiger partial charge in [-0.25, -0.2) is 14.8 Å². The Morgan fingerprint density at radius 3 is 2.52 bits per heavy atom. The van der Waals surface area contributed by atoms with E-state index in [1.165, 1.54) is 65.4 Å². The minimum Gasteiger partial charge on any atom is -0.482 e. The van der Waals surface area contributed by atoms with Crippen LogP contribution < -0.4 is 10.1 Å². The molecule has 1 spiro atoms. The summed E-state index contributed by atoms with van der Waals surface area (Å²) in [5.41, 5.74) is 1.65. The molecule has 4 heterocycles. The molecule has 44 heavy (non-hydrogen) atoms. The Bertz CT molecular complexity index is 1260. The highest BCUT2D eigenvalue weighted by molar-refractivity contribution is 5.70.